The van der Waals surface area contributed by atoms with Crippen molar-refractivity contribution in [2.75, 3.05) is 12.3 Å². The Kier molecular flexibility index (Phi) is 4.27. The van der Waals surface area contributed by atoms with Gasteiger partial charge in [-0.05, 0) is 18.2 Å². The predicted molar refractivity (Wildman–Crippen MR) is 104 cm³/mol. The molecule has 1 saturated heterocycles. The van der Waals surface area contributed by atoms with E-state index in [0.29, 0.717) is 16.7 Å². The Hall–Kier alpha value is -3.68. The topological polar surface area (TPSA) is 193 Å². The monoisotopic (exact) mass is 411 g/mol. The van der Waals surface area contributed by atoms with E-state index < -0.39 is 24.0 Å². The molecule has 3 atom stereocenters. The fourth-order valence-corrected chi connectivity index (χ4v) is 3.50. The molecule has 0 aliphatic carbocycles. The Bertz CT molecular complexity index is 1320. The molecule has 154 valence electrons. The van der Waals surface area contributed by atoms with Gasteiger partial charge in [0.15, 0.2) is 5.65 Å². The van der Waals surface area contributed by atoms with Crippen molar-refractivity contribution in [1.29, 1.82) is 0 Å². The summed E-state index contributed by atoms with van der Waals surface area (Å²) >= 11 is 0. The Labute approximate surface area is 167 Å². The Morgan fingerprint density at radius 1 is 1.30 bits per heavy atom. The van der Waals surface area contributed by atoms with Crippen LogP contribution in [-0.2, 0) is 4.74 Å². The number of anilines is 1. The quantitative estimate of drug-likeness (QED) is 0.302. The highest BCUT2D eigenvalue weighted by molar-refractivity contribution is 5.88. The van der Waals surface area contributed by atoms with Gasteiger partial charge in [-0.15, -0.1) is 5.11 Å². The minimum atomic E-state index is -0.851. The zero-order valence-corrected chi connectivity index (χ0v) is 15.4. The summed E-state index contributed by atoms with van der Waals surface area (Å²) in [4.78, 5) is 19.2. The number of aromatic amines is 2. The highest BCUT2D eigenvalue weighted by Crippen LogP contribution is 2.35. The van der Waals surface area contributed by atoms with E-state index in [4.69, 9.17) is 10.5 Å². The van der Waals surface area contributed by atoms with E-state index in [0.717, 1.165) is 0 Å². The van der Waals surface area contributed by atoms with Gasteiger partial charge in [-0.25, -0.2) is 0 Å². The van der Waals surface area contributed by atoms with Gasteiger partial charge in [-0.3, -0.25) is 9.78 Å². The van der Waals surface area contributed by atoms with Crippen LogP contribution in [0.1, 0.15) is 12.6 Å². The van der Waals surface area contributed by atoms with E-state index in [2.05, 4.69) is 35.6 Å². The number of ether oxygens (including phenoxy) is 1. The lowest BCUT2D eigenvalue weighted by Crippen LogP contribution is -2.24. The molecule has 13 heteroatoms. The number of azo groups is 1. The van der Waals surface area contributed by atoms with Crippen molar-refractivity contribution in [3.05, 3.63) is 34.7 Å². The van der Waals surface area contributed by atoms with Crippen LogP contribution in [0.2, 0.25) is 0 Å². The highest BCUT2D eigenvalue weighted by atomic mass is 16.5. The number of hydrogen-bond acceptors (Lipinski definition) is 10. The maximum Gasteiger partial charge on any atom is 0.264 e. The smallest absolute Gasteiger partial charge is 0.264 e. The number of hydrogen-bond donors (Lipinski definition) is 5. The Morgan fingerprint density at radius 3 is 2.93 bits per heavy atom. The van der Waals surface area contributed by atoms with Crippen molar-refractivity contribution in [3.63, 3.8) is 0 Å². The number of H-pyrrole nitrogens is 2. The molecular formula is C17H17N9O4. The highest BCUT2D eigenvalue weighted by Gasteiger charge is 2.35. The zero-order chi connectivity index (χ0) is 20.8. The van der Waals surface area contributed by atoms with Crippen LogP contribution in [0.4, 0.5) is 17.3 Å². The van der Waals surface area contributed by atoms with E-state index in [1.54, 1.807) is 29.0 Å². The van der Waals surface area contributed by atoms with Crippen molar-refractivity contribution in [3.8, 4) is 0 Å². The fraction of sp³-hybridized carbons (Fsp3) is 0.294. The second-order valence-electron chi connectivity index (χ2n) is 6.88. The molecule has 0 bridgehead atoms. The Morgan fingerprint density at radius 2 is 2.13 bits per heavy atom. The van der Waals surface area contributed by atoms with Crippen LogP contribution in [-0.4, -0.2) is 59.0 Å². The van der Waals surface area contributed by atoms with Gasteiger partial charge >= 0.3 is 0 Å². The summed E-state index contributed by atoms with van der Waals surface area (Å²) in [5, 5.41) is 38.5. The first-order valence-electron chi connectivity index (χ1n) is 9.10. The van der Waals surface area contributed by atoms with Gasteiger partial charge in [-0.1, -0.05) is 0 Å². The maximum atomic E-state index is 12.5. The number of aliphatic hydroxyl groups excluding tert-OH is 2. The summed E-state index contributed by atoms with van der Waals surface area (Å²) in [5.74, 6) is -0.0657. The summed E-state index contributed by atoms with van der Waals surface area (Å²) in [6, 6.07) is 5.16. The molecule has 1 aromatic carbocycles. The predicted octanol–water partition coefficient (Wildman–Crippen LogP) is 0.634. The molecule has 4 aromatic rings. The molecule has 1 aliphatic heterocycles. The molecule has 0 amide bonds. The summed E-state index contributed by atoms with van der Waals surface area (Å²) in [7, 11) is 0. The molecule has 0 saturated carbocycles. The van der Waals surface area contributed by atoms with Gasteiger partial charge in [0.1, 0.15) is 34.4 Å². The average Bonchev–Trinajstić information content (AvgIpc) is 3.42. The molecule has 1 unspecified atom stereocenters. The SMILES string of the molecule is Nc1nc2c(c(N=Nc3ccc4n[nH]nc4c3)cn2[C@H]2CC(O)[C@@H](CO)O2)c(=O)[nH]1. The minimum Gasteiger partial charge on any atom is -0.394 e. The number of benzene rings is 1. The van der Waals surface area contributed by atoms with Crippen molar-refractivity contribution in [2.24, 2.45) is 10.2 Å². The molecule has 0 radical (unpaired) electrons. The first-order chi connectivity index (χ1) is 14.5. The van der Waals surface area contributed by atoms with E-state index in [-0.39, 0.29) is 35.7 Å². The van der Waals surface area contributed by atoms with Gasteiger partial charge in [-0.2, -0.15) is 25.5 Å². The number of aliphatic hydroxyl groups is 2. The van der Waals surface area contributed by atoms with Gasteiger partial charge in [0.25, 0.3) is 5.56 Å². The first kappa shape index (κ1) is 18.4. The number of aromatic nitrogens is 6. The summed E-state index contributed by atoms with van der Waals surface area (Å²) in [5.41, 5.74) is 7.57. The minimum absolute atomic E-state index is 0.0657. The molecule has 3 aromatic heterocycles. The number of fused-ring (bicyclic) bond motifs is 2. The van der Waals surface area contributed by atoms with Crippen LogP contribution < -0.4 is 11.3 Å². The summed E-state index contributed by atoms with van der Waals surface area (Å²) in [6.07, 6.45) is -0.462. The normalized spacial score (nSPS) is 22.0. The second-order valence-corrected chi connectivity index (χ2v) is 6.88. The van der Waals surface area contributed by atoms with Gasteiger partial charge in [0, 0.05) is 12.6 Å². The third-order valence-corrected chi connectivity index (χ3v) is 4.95. The van der Waals surface area contributed by atoms with E-state index >= 15 is 0 Å². The van der Waals surface area contributed by atoms with E-state index in [9.17, 15) is 15.0 Å². The third kappa shape index (κ3) is 3.01. The van der Waals surface area contributed by atoms with Gasteiger partial charge < -0.3 is 25.3 Å². The average molecular weight is 411 g/mol. The standard InChI is InChI=1S/C17H17N9O4/c18-17-19-15-14(16(29)20-17)10(5-26(15)13-4-11(28)12(6-27)30-13)22-21-7-1-2-8-9(3-7)24-25-23-8/h1-3,5,11-13,27-28H,4,6H2,(H,23,24,25)(H3,18,19,20,29)/t11?,12-,13-/m1/s1. The molecule has 13 nitrogen and oxygen atoms in total. The van der Waals surface area contributed by atoms with Crippen molar-refractivity contribution < 1.29 is 14.9 Å². The first-order valence-corrected chi connectivity index (χ1v) is 9.10. The molecule has 6 N–H and O–H groups in total. The maximum absolute atomic E-state index is 12.5. The van der Waals surface area contributed by atoms with Gasteiger partial charge in [0.05, 0.1) is 18.4 Å². The molecule has 1 aliphatic rings. The van der Waals surface area contributed by atoms with Crippen LogP contribution in [0.3, 0.4) is 0 Å². The van der Waals surface area contributed by atoms with Crippen LogP contribution in [0.25, 0.3) is 22.1 Å². The van der Waals surface area contributed by atoms with E-state index in [1.165, 1.54) is 0 Å². The van der Waals surface area contributed by atoms with Crippen molar-refractivity contribution in [2.45, 2.75) is 24.9 Å². The van der Waals surface area contributed by atoms with Crippen LogP contribution in [0, 0.1) is 0 Å². The lowest BCUT2D eigenvalue weighted by molar-refractivity contribution is -0.0430. The zero-order valence-electron chi connectivity index (χ0n) is 15.4. The van der Waals surface area contributed by atoms with Crippen molar-refractivity contribution in [1.82, 2.24) is 29.9 Å². The molecule has 30 heavy (non-hydrogen) atoms. The molecule has 0 spiro atoms. The van der Waals surface area contributed by atoms with Crippen LogP contribution in [0.5, 0.6) is 0 Å². The molecule has 1 fully saturated rings. The number of rotatable bonds is 4. The van der Waals surface area contributed by atoms with Crippen molar-refractivity contribution >= 4 is 39.4 Å². The number of nitrogens with two attached hydrogens (primary N) is 1. The lowest BCUT2D eigenvalue weighted by atomic mass is 10.2. The van der Waals surface area contributed by atoms with Crippen LogP contribution >= 0.6 is 0 Å². The Balaban J connectivity index is 1.59. The summed E-state index contributed by atoms with van der Waals surface area (Å²) < 4.78 is 7.26. The van der Waals surface area contributed by atoms with Crippen LogP contribution in [0.15, 0.2) is 39.4 Å². The van der Waals surface area contributed by atoms with E-state index in [1.807, 2.05) is 0 Å². The van der Waals surface area contributed by atoms with Gasteiger partial charge in [0.2, 0.25) is 5.95 Å². The number of nitrogens with zero attached hydrogens (tertiary/aromatic N) is 6. The fourth-order valence-electron chi connectivity index (χ4n) is 3.50. The lowest BCUT2D eigenvalue weighted by Gasteiger charge is -2.14. The number of nitrogens with one attached hydrogen (secondary N) is 2. The summed E-state index contributed by atoms with van der Waals surface area (Å²) in [6.45, 7) is -0.329. The number of nitrogen functional groups attached to an aromatic ring is 1. The second kappa shape index (κ2) is 6.98. The molecule has 4 heterocycles. The molecule has 5 rings (SSSR count). The molecular weight excluding hydrogens is 394 g/mol. The largest absolute Gasteiger partial charge is 0.394 e. The third-order valence-electron chi connectivity index (χ3n) is 4.95.